The summed E-state index contributed by atoms with van der Waals surface area (Å²) in [6, 6.07) is 8.04. The maximum Gasteiger partial charge on any atom is 0.268 e. The van der Waals surface area contributed by atoms with Crippen LogP contribution in [0.3, 0.4) is 0 Å². The molecular formula is C17H18N6O. The van der Waals surface area contributed by atoms with Gasteiger partial charge in [-0.1, -0.05) is 12.1 Å². The number of nitrogens with one attached hydrogen (secondary N) is 1. The quantitative estimate of drug-likeness (QED) is 0.766. The van der Waals surface area contributed by atoms with Crippen molar-refractivity contribution in [1.82, 2.24) is 19.9 Å². The van der Waals surface area contributed by atoms with E-state index in [-0.39, 0.29) is 5.69 Å². The molecule has 122 valence electrons. The molecule has 1 atom stereocenters. The van der Waals surface area contributed by atoms with Gasteiger partial charge in [-0.05, 0) is 25.0 Å². The second-order valence-electron chi connectivity index (χ2n) is 6.05. The summed E-state index contributed by atoms with van der Waals surface area (Å²) in [6.45, 7) is 1.67. The Kier molecular flexibility index (Phi) is 3.60. The fourth-order valence-electron chi connectivity index (χ4n) is 3.20. The van der Waals surface area contributed by atoms with Crippen molar-refractivity contribution in [2.24, 2.45) is 5.73 Å². The Morgan fingerprint density at radius 3 is 2.96 bits per heavy atom. The molecule has 3 heterocycles. The van der Waals surface area contributed by atoms with Crippen LogP contribution in [0.4, 0.5) is 5.82 Å². The number of carbonyl (C=O) groups is 1. The number of primary amides is 1. The molecule has 1 aliphatic rings. The van der Waals surface area contributed by atoms with E-state index in [2.05, 4.69) is 19.9 Å². The summed E-state index contributed by atoms with van der Waals surface area (Å²) in [4.78, 5) is 30.0. The van der Waals surface area contributed by atoms with Crippen molar-refractivity contribution in [2.75, 3.05) is 18.0 Å². The molecule has 0 saturated carbocycles. The van der Waals surface area contributed by atoms with Crippen molar-refractivity contribution in [3.8, 4) is 0 Å². The Morgan fingerprint density at radius 2 is 2.12 bits per heavy atom. The molecule has 3 aromatic rings. The van der Waals surface area contributed by atoms with E-state index in [0.717, 1.165) is 42.8 Å². The van der Waals surface area contributed by atoms with Crippen LogP contribution in [0.25, 0.3) is 11.0 Å². The largest absolute Gasteiger partial charge is 0.364 e. The zero-order valence-corrected chi connectivity index (χ0v) is 13.1. The van der Waals surface area contributed by atoms with E-state index in [0.29, 0.717) is 11.7 Å². The van der Waals surface area contributed by atoms with Gasteiger partial charge in [-0.2, -0.15) is 0 Å². The van der Waals surface area contributed by atoms with Gasteiger partial charge >= 0.3 is 0 Å². The maximum absolute atomic E-state index is 11.3. The number of hydrogen-bond acceptors (Lipinski definition) is 5. The van der Waals surface area contributed by atoms with Gasteiger partial charge < -0.3 is 15.6 Å². The number of piperidine rings is 1. The Hall–Kier alpha value is -2.96. The van der Waals surface area contributed by atoms with Crippen molar-refractivity contribution < 1.29 is 4.79 Å². The lowest BCUT2D eigenvalue weighted by atomic mass is 9.97. The van der Waals surface area contributed by atoms with E-state index in [1.807, 2.05) is 24.3 Å². The van der Waals surface area contributed by atoms with Crippen LogP contribution in [0.15, 0.2) is 36.7 Å². The standard InChI is InChI=1S/C17H18N6O/c18-16(24)14-8-19-9-15(20-14)23-7-3-4-11(10-23)17-21-12-5-1-2-6-13(12)22-17/h1-2,5-6,8-9,11H,3-4,7,10H2,(H2,18,24)(H,21,22). The first-order valence-corrected chi connectivity index (χ1v) is 8.02. The number of para-hydroxylation sites is 2. The maximum atomic E-state index is 11.3. The highest BCUT2D eigenvalue weighted by atomic mass is 16.1. The summed E-state index contributed by atoms with van der Waals surface area (Å²) in [5.74, 6) is 1.42. The average Bonchev–Trinajstić information content (AvgIpc) is 3.06. The Labute approximate surface area is 138 Å². The first kappa shape index (κ1) is 14.6. The van der Waals surface area contributed by atoms with Crippen LogP contribution in [0.5, 0.6) is 0 Å². The van der Waals surface area contributed by atoms with Gasteiger partial charge in [-0.25, -0.2) is 9.97 Å². The Balaban J connectivity index is 1.59. The summed E-state index contributed by atoms with van der Waals surface area (Å²) >= 11 is 0. The van der Waals surface area contributed by atoms with Crippen LogP contribution >= 0.6 is 0 Å². The minimum absolute atomic E-state index is 0.193. The number of carbonyl (C=O) groups excluding carboxylic acids is 1. The van der Waals surface area contributed by atoms with Crippen molar-refractivity contribution in [3.63, 3.8) is 0 Å². The summed E-state index contributed by atoms with van der Waals surface area (Å²) in [6.07, 6.45) is 5.17. The normalized spacial score (nSPS) is 18.0. The fraction of sp³-hybridized carbons (Fsp3) is 0.294. The molecule has 1 aliphatic heterocycles. The topological polar surface area (TPSA) is 101 Å². The molecule has 0 aliphatic carbocycles. The van der Waals surface area contributed by atoms with Crippen molar-refractivity contribution in [2.45, 2.75) is 18.8 Å². The van der Waals surface area contributed by atoms with Crippen LogP contribution < -0.4 is 10.6 Å². The molecule has 2 aromatic heterocycles. The van der Waals surface area contributed by atoms with Gasteiger partial charge in [0.15, 0.2) is 0 Å². The van der Waals surface area contributed by atoms with E-state index in [4.69, 9.17) is 10.7 Å². The van der Waals surface area contributed by atoms with Gasteiger partial charge in [0.1, 0.15) is 17.3 Å². The fourth-order valence-corrected chi connectivity index (χ4v) is 3.20. The molecule has 0 radical (unpaired) electrons. The highest BCUT2D eigenvalue weighted by Gasteiger charge is 2.25. The highest BCUT2D eigenvalue weighted by Crippen LogP contribution is 2.28. The first-order valence-electron chi connectivity index (χ1n) is 8.02. The van der Waals surface area contributed by atoms with Crippen LogP contribution in [-0.2, 0) is 0 Å². The van der Waals surface area contributed by atoms with Gasteiger partial charge in [0.25, 0.3) is 5.91 Å². The number of nitrogens with zero attached hydrogens (tertiary/aromatic N) is 4. The molecular weight excluding hydrogens is 304 g/mol. The van der Waals surface area contributed by atoms with E-state index in [1.165, 1.54) is 6.20 Å². The molecule has 4 rings (SSSR count). The second-order valence-corrected chi connectivity index (χ2v) is 6.05. The lowest BCUT2D eigenvalue weighted by Crippen LogP contribution is -2.35. The number of fused-ring (bicyclic) bond motifs is 1. The molecule has 3 N–H and O–H groups in total. The van der Waals surface area contributed by atoms with Crippen molar-refractivity contribution in [3.05, 3.63) is 48.2 Å². The van der Waals surface area contributed by atoms with Crippen LogP contribution in [0.2, 0.25) is 0 Å². The Morgan fingerprint density at radius 1 is 1.25 bits per heavy atom. The molecule has 24 heavy (non-hydrogen) atoms. The van der Waals surface area contributed by atoms with Crippen molar-refractivity contribution >= 4 is 22.8 Å². The number of hydrogen-bond donors (Lipinski definition) is 2. The van der Waals surface area contributed by atoms with Gasteiger partial charge in [0, 0.05) is 19.0 Å². The third-order valence-electron chi connectivity index (χ3n) is 4.41. The summed E-state index contributed by atoms with van der Waals surface area (Å²) in [7, 11) is 0. The SMILES string of the molecule is NC(=O)c1cncc(N2CCCC(c3nc4ccccc4[nH]3)C2)n1. The summed E-state index contributed by atoms with van der Waals surface area (Å²) < 4.78 is 0. The number of aromatic amines is 1. The number of nitrogens with two attached hydrogens (primary N) is 1. The van der Waals surface area contributed by atoms with Gasteiger partial charge in [-0.3, -0.25) is 9.78 Å². The minimum Gasteiger partial charge on any atom is -0.364 e. The number of anilines is 1. The van der Waals surface area contributed by atoms with E-state index in [9.17, 15) is 4.79 Å². The molecule has 1 unspecified atom stereocenters. The Bertz CT molecular complexity index is 856. The number of aromatic nitrogens is 4. The minimum atomic E-state index is -0.560. The molecule has 7 nitrogen and oxygen atoms in total. The van der Waals surface area contributed by atoms with Gasteiger partial charge in [0.05, 0.1) is 23.4 Å². The zero-order chi connectivity index (χ0) is 16.5. The second kappa shape index (κ2) is 5.92. The number of amides is 1. The lowest BCUT2D eigenvalue weighted by molar-refractivity contribution is 0.0995. The van der Waals surface area contributed by atoms with E-state index < -0.39 is 5.91 Å². The van der Waals surface area contributed by atoms with Crippen LogP contribution in [0, 0.1) is 0 Å². The molecule has 1 fully saturated rings. The lowest BCUT2D eigenvalue weighted by Gasteiger charge is -2.32. The number of H-pyrrole nitrogens is 1. The highest BCUT2D eigenvalue weighted by molar-refractivity contribution is 5.90. The van der Waals surface area contributed by atoms with Gasteiger partial charge in [-0.15, -0.1) is 0 Å². The predicted octanol–water partition coefficient (Wildman–Crippen LogP) is 1.84. The zero-order valence-electron chi connectivity index (χ0n) is 13.1. The monoisotopic (exact) mass is 322 g/mol. The summed E-state index contributed by atoms with van der Waals surface area (Å²) in [5, 5.41) is 0. The molecule has 0 spiro atoms. The van der Waals surface area contributed by atoms with Crippen LogP contribution in [0.1, 0.15) is 35.1 Å². The molecule has 0 bridgehead atoms. The van der Waals surface area contributed by atoms with Gasteiger partial charge in [0.2, 0.25) is 0 Å². The number of imidazole rings is 1. The molecule has 1 aromatic carbocycles. The average molecular weight is 322 g/mol. The molecule has 7 heteroatoms. The summed E-state index contributed by atoms with van der Waals surface area (Å²) in [5.41, 5.74) is 7.53. The smallest absolute Gasteiger partial charge is 0.268 e. The first-order chi connectivity index (χ1) is 11.7. The number of benzene rings is 1. The molecule has 1 amide bonds. The third kappa shape index (κ3) is 2.68. The van der Waals surface area contributed by atoms with Crippen LogP contribution in [-0.4, -0.2) is 38.9 Å². The van der Waals surface area contributed by atoms with E-state index in [1.54, 1.807) is 6.20 Å². The molecule has 1 saturated heterocycles. The third-order valence-corrected chi connectivity index (χ3v) is 4.41. The van der Waals surface area contributed by atoms with E-state index >= 15 is 0 Å². The predicted molar refractivity (Wildman–Crippen MR) is 90.8 cm³/mol. The number of rotatable bonds is 3. The van der Waals surface area contributed by atoms with Crippen molar-refractivity contribution in [1.29, 1.82) is 0 Å².